The Bertz CT molecular complexity index is 452. The predicted octanol–water partition coefficient (Wildman–Crippen LogP) is 0.704. The number of sulfonamides is 1. The van der Waals surface area contributed by atoms with Crippen LogP contribution in [0.25, 0.3) is 0 Å². The molecule has 0 fully saturated rings. The number of hydrogen-bond donors (Lipinski definition) is 1. The van der Waals surface area contributed by atoms with Crippen molar-refractivity contribution in [3.05, 3.63) is 29.3 Å². The minimum absolute atomic E-state index is 0.180. The Morgan fingerprint density at radius 2 is 1.87 bits per heavy atom. The van der Waals surface area contributed by atoms with Crippen LogP contribution in [0.15, 0.2) is 23.1 Å². The second-order valence-electron chi connectivity index (χ2n) is 3.94. The molecule has 0 aliphatic heterocycles. The SMILES string of the molecule is Cc1cc(CN(C)C)cc(S(N)(=O)=O)c1. The second-order valence-corrected chi connectivity index (χ2v) is 5.50. The molecule has 5 heteroatoms. The van der Waals surface area contributed by atoms with Crippen LogP contribution in [-0.2, 0) is 16.6 Å². The van der Waals surface area contributed by atoms with Crippen LogP contribution in [0.2, 0.25) is 0 Å². The molecule has 84 valence electrons. The van der Waals surface area contributed by atoms with E-state index in [0.29, 0.717) is 6.54 Å². The molecule has 2 N–H and O–H groups in total. The zero-order chi connectivity index (χ0) is 11.6. The molecule has 0 saturated heterocycles. The van der Waals surface area contributed by atoms with Crippen LogP contribution in [0.5, 0.6) is 0 Å². The lowest BCUT2D eigenvalue weighted by Gasteiger charge is -2.11. The van der Waals surface area contributed by atoms with Gasteiger partial charge in [0, 0.05) is 6.54 Å². The van der Waals surface area contributed by atoms with Crippen LogP contribution in [0.3, 0.4) is 0 Å². The fourth-order valence-electron chi connectivity index (χ4n) is 1.45. The Kier molecular flexibility index (Phi) is 3.49. The highest BCUT2D eigenvalue weighted by Gasteiger charge is 2.09. The predicted molar refractivity (Wildman–Crippen MR) is 59.9 cm³/mol. The molecule has 0 bridgehead atoms. The summed E-state index contributed by atoms with van der Waals surface area (Å²) in [7, 11) is 0.257. The first kappa shape index (κ1) is 12.2. The number of rotatable bonds is 3. The monoisotopic (exact) mass is 228 g/mol. The van der Waals surface area contributed by atoms with Gasteiger partial charge in [-0.1, -0.05) is 6.07 Å². The third-order valence-electron chi connectivity index (χ3n) is 1.94. The maximum Gasteiger partial charge on any atom is 0.238 e. The lowest BCUT2D eigenvalue weighted by atomic mass is 10.1. The minimum atomic E-state index is -3.60. The normalized spacial score (nSPS) is 12.1. The van der Waals surface area contributed by atoms with E-state index in [1.165, 1.54) is 0 Å². The Morgan fingerprint density at radius 3 is 2.33 bits per heavy atom. The van der Waals surface area contributed by atoms with Crippen molar-refractivity contribution in [2.24, 2.45) is 5.14 Å². The van der Waals surface area contributed by atoms with Crippen molar-refractivity contribution in [3.8, 4) is 0 Å². The molecule has 0 unspecified atom stereocenters. The van der Waals surface area contributed by atoms with Gasteiger partial charge in [0.05, 0.1) is 4.90 Å². The first-order chi connectivity index (χ1) is 6.79. The third-order valence-corrected chi connectivity index (χ3v) is 2.83. The summed E-state index contributed by atoms with van der Waals surface area (Å²) in [6.07, 6.45) is 0. The van der Waals surface area contributed by atoms with E-state index in [1.54, 1.807) is 12.1 Å². The van der Waals surface area contributed by atoms with Gasteiger partial charge in [-0.2, -0.15) is 0 Å². The standard InChI is InChI=1S/C10H16N2O2S/c1-8-4-9(7-12(2)3)6-10(5-8)15(11,13)14/h4-6H,7H2,1-3H3,(H2,11,13,14). The first-order valence-electron chi connectivity index (χ1n) is 4.57. The van der Waals surface area contributed by atoms with Crippen molar-refractivity contribution in [2.75, 3.05) is 14.1 Å². The molecule has 0 heterocycles. The zero-order valence-corrected chi connectivity index (χ0v) is 10.0. The van der Waals surface area contributed by atoms with Crippen LogP contribution < -0.4 is 5.14 Å². The van der Waals surface area contributed by atoms with Gasteiger partial charge in [0.2, 0.25) is 10.0 Å². The van der Waals surface area contributed by atoms with Crippen molar-refractivity contribution >= 4 is 10.0 Å². The van der Waals surface area contributed by atoms with Gasteiger partial charge in [-0.3, -0.25) is 0 Å². The summed E-state index contributed by atoms with van der Waals surface area (Å²) in [6.45, 7) is 2.55. The van der Waals surface area contributed by atoms with Crippen LogP contribution in [0.1, 0.15) is 11.1 Å². The summed E-state index contributed by atoms with van der Waals surface area (Å²) < 4.78 is 22.4. The summed E-state index contributed by atoms with van der Waals surface area (Å²) >= 11 is 0. The van der Waals surface area contributed by atoms with Gasteiger partial charge in [0.15, 0.2) is 0 Å². The van der Waals surface area contributed by atoms with Crippen LogP contribution in [-0.4, -0.2) is 27.4 Å². The summed E-state index contributed by atoms with van der Waals surface area (Å²) in [5.74, 6) is 0. The molecule has 0 spiro atoms. The molecular weight excluding hydrogens is 212 g/mol. The molecule has 0 aliphatic rings. The van der Waals surface area contributed by atoms with E-state index in [9.17, 15) is 8.42 Å². The number of aryl methyl sites for hydroxylation is 1. The molecule has 1 aromatic rings. The van der Waals surface area contributed by atoms with E-state index in [1.807, 2.05) is 32.0 Å². The molecule has 1 aromatic carbocycles. The molecule has 0 amide bonds. The average Bonchev–Trinajstić information content (AvgIpc) is 1.99. The fraction of sp³-hybridized carbons (Fsp3) is 0.400. The van der Waals surface area contributed by atoms with Gasteiger partial charge in [-0.05, 0) is 44.3 Å². The lowest BCUT2D eigenvalue weighted by Crippen LogP contribution is -2.15. The molecule has 0 aliphatic carbocycles. The zero-order valence-electron chi connectivity index (χ0n) is 9.19. The van der Waals surface area contributed by atoms with Gasteiger partial charge in [0.25, 0.3) is 0 Å². The van der Waals surface area contributed by atoms with Crippen molar-refractivity contribution in [2.45, 2.75) is 18.4 Å². The van der Waals surface area contributed by atoms with Crippen LogP contribution in [0.4, 0.5) is 0 Å². The van der Waals surface area contributed by atoms with Gasteiger partial charge in [-0.25, -0.2) is 13.6 Å². The number of benzene rings is 1. The highest BCUT2D eigenvalue weighted by Crippen LogP contribution is 2.14. The molecule has 0 radical (unpaired) electrons. The Morgan fingerprint density at radius 1 is 1.27 bits per heavy atom. The van der Waals surface area contributed by atoms with Crippen LogP contribution >= 0.6 is 0 Å². The number of nitrogens with two attached hydrogens (primary N) is 1. The Hall–Kier alpha value is -0.910. The van der Waals surface area contributed by atoms with E-state index in [4.69, 9.17) is 5.14 Å². The van der Waals surface area contributed by atoms with Gasteiger partial charge in [-0.15, -0.1) is 0 Å². The summed E-state index contributed by atoms with van der Waals surface area (Å²) in [6, 6.07) is 5.14. The largest absolute Gasteiger partial charge is 0.305 e. The van der Waals surface area contributed by atoms with Gasteiger partial charge in [0.1, 0.15) is 0 Å². The summed E-state index contributed by atoms with van der Waals surface area (Å²) in [5, 5.41) is 5.08. The minimum Gasteiger partial charge on any atom is -0.305 e. The molecule has 4 nitrogen and oxygen atoms in total. The van der Waals surface area contributed by atoms with Crippen molar-refractivity contribution in [1.82, 2.24) is 4.90 Å². The van der Waals surface area contributed by atoms with Gasteiger partial charge < -0.3 is 4.90 Å². The van der Waals surface area contributed by atoms with Crippen molar-refractivity contribution < 1.29 is 8.42 Å². The summed E-state index contributed by atoms with van der Waals surface area (Å²) in [5.41, 5.74) is 1.85. The van der Waals surface area contributed by atoms with Gasteiger partial charge >= 0.3 is 0 Å². The third kappa shape index (κ3) is 3.62. The highest BCUT2D eigenvalue weighted by molar-refractivity contribution is 7.89. The Labute approximate surface area is 90.8 Å². The molecule has 0 aromatic heterocycles. The molecular formula is C10H16N2O2S. The van der Waals surface area contributed by atoms with E-state index in [-0.39, 0.29) is 4.90 Å². The Balaban J connectivity index is 3.17. The van der Waals surface area contributed by atoms with E-state index in [0.717, 1.165) is 11.1 Å². The molecule has 15 heavy (non-hydrogen) atoms. The maximum absolute atomic E-state index is 11.2. The molecule has 0 saturated carbocycles. The van der Waals surface area contributed by atoms with E-state index in [2.05, 4.69) is 0 Å². The topological polar surface area (TPSA) is 63.4 Å². The second kappa shape index (κ2) is 4.30. The van der Waals surface area contributed by atoms with E-state index < -0.39 is 10.0 Å². The van der Waals surface area contributed by atoms with E-state index >= 15 is 0 Å². The first-order valence-corrected chi connectivity index (χ1v) is 6.12. The number of primary sulfonamides is 1. The summed E-state index contributed by atoms with van der Waals surface area (Å²) in [4.78, 5) is 2.15. The highest BCUT2D eigenvalue weighted by atomic mass is 32.2. The number of nitrogens with zero attached hydrogens (tertiary/aromatic N) is 1. The molecule has 1 rings (SSSR count). The quantitative estimate of drug-likeness (QED) is 0.828. The average molecular weight is 228 g/mol. The van der Waals surface area contributed by atoms with Crippen LogP contribution in [0, 0.1) is 6.92 Å². The maximum atomic E-state index is 11.2. The number of hydrogen-bond acceptors (Lipinski definition) is 3. The van der Waals surface area contributed by atoms with Crippen molar-refractivity contribution in [3.63, 3.8) is 0 Å². The smallest absolute Gasteiger partial charge is 0.238 e. The lowest BCUT2D eigenvalue weighted by molar-refractivity contribution is 0.402. The van der Waals surface area contributed by atoms with Crippen molar-refractivity contribution in [1.29, 1.82) is 0 Å². The molecule has 0 atom stereocenters. The fourth-order valence-corrected chi connectivity index (χ4v) is 2.11.